The van der Waals surface area contributed by atoms with Crippen molar-refractivity contribution in [2.24, 2.45) is 0 Å². The van der Waals surface area contributed by atoms with E-state index in [0.717, 1.165) is 10.0 Å². The summed E-state index contributed by atoms with van der Waals surface area (Å²) in [5.41, 5.74) is 1.61. The fourth-order valence-corrected chi connectivity index (χ4v) is 2.20. The second-order valence-corrected chi connectivity index (χ2v) is 5.43. The summed E-state index contributed by atoms with van der Waals surface area (Å²) in [5.74, 6) is 1.09. The van der Waals surface area contributed by atoms with Crippen LogP contribution in [-0.2, 0) is 0 Å². The fraction of sp³-hybridized carbons (Fsp3) is 0.200. The van der Waals surface area contributed by atoms with E-state index in [1.54, 1.807) is 6.07 Å². The van der Waals surface area contributed by atoms with Crippen LogP contribution in [0, 0.1) is 17.0 Å². The average molecular weight is 351 g/mol. The first-order valence-corrected chi connectivity index (χ1v) is 7.26. The summed E-state index contributed by atoms with van der Waals surface area (Å²) >= 11 is 3.39. The molecular weight excluding hydrogens is 336 g/mol. The van der Waals surface area contributed by atoms with Crippen LogP contribution in [0.2, 0.25) is 0 Å². The third kappa shape index (κ3) is 3.95. The second-order valence-electron chi connectivity index (χ2n) is 4.51. The topological polar surface area (TPSA) is 64.4 Å². The zero-order chi connectivity index (χ0) is 15.4. The highest BCUT2D eigenvalue weighted by Gasteiger charge is 2.12. The molecule has 0 radical (unpaired) electrons. The van der Waals surface area contributed by atoms with Gasteiger partial charge < -0.3 is 10.1 Å². The van der Waals surface area contributed by atoms with Crippen molar-refractivity contribution in [2.75, 3.05) is 11.9 Å². The number of non-ortho nitro benzene ring substituents is 1. The van der Waals surface area contributed by atoms with Gasteiger partial charge in [-0.05, 0) is 31.5 Å². The summed E-state index contributed by atoms with van der Waals surface area (Å²) in [6.45, 7) is 4.53. The molecule has 21 heavy (non-hydrogen) atoms. The standard InChI is InChI=1S/C15H15BrN2O3/c1-3-17-12-7-13(18(19)20)9-14(8-12)21-15-6-11(16)5-4-10(15)2/h4-9,17H,3H2,1-2H3. The van der Waals surface area contributed by atoms with E-state index >= 15 is 0 Å². The van der Waals surface area contributed by atoms with Crippen molar-refractivity contribution >= 4 is 27.3 Å². The van der Waals surface area contributed by atoms with Gasteiger partial charge in [-0.2, -0.15) is 0 Å². The van der Waals surface area contributed by atoms with Crippen LogP contribution < -0.4 is 10.1 Å². The Morgan fingerprint density at radius 2 is 2.05 bits per heavy atom. The van der Waals surface area contributed by atoms with Crippen molar-refractivity contribution in [3.05, 3.63) is 56.5 Å². The van der Waals surface area contributed by atoms with Gasteiger partial charge in [0.25, 0.3) is 5.69 Å². The monoisotopic (exact) mass is 350 g/mol. The first kappa shape index (κ1) is 15.3. The highest BCUT2D eigenvalue weighted by molar-refractivity contribution is 9.10. The summed E-state index contributed by atoms with van der Waals surface area (Å²) in [6.07, 6.45) is 0. The van der Waals surface area contributed by atoms with Gasteiger partial charge >= 0.3 is 0 Å². The van der Waals surface area contributed by atoms with Crippen LogP contribution in [0.4, 0.5) is 11.4 Å². The quantitative estimate of drug-likeness (QED) is 0.615. The maximum Gasteiger partial charge on any atom is 0.275 e. The smallest absolute Gasteiger partial charge is 0.275 e. The van der Waals surface area contributed by atoms with Gasteiger partial charge in [0.2, 0.25) is 0 Å². The van der Waals surface area contributed by atoms with Crippen molar-refractivity contribution in [3.8, 4) is 11.5 Å². The van der Waals surface area contributed by atoms with Crippen LogP contribution >= 0.6 is 15.9 Å². The van der Waals surface area contributed by atoms with Gasteiger partial charge in [0, 0.05) is 28.8 Å². The maximum absolute atomic E-state index is 11.0. The Morgan fingerprint density at radius 1 is 1.29 bits per heavy atom. The molecule has 0 aliphatic carbocycles. The Hall–Kier alpha value is -2.08. The number of halogens is 1. The van der Waals surface area contributed by atoms with Crippen LogP contribution in [-0.4, -0.2) is 11.5 Å². The van der Waals surface area contributed by atoms with Crippen molar-refractivity contribution in [1.82, 2.24) is 0 Å². The van der Waals surface area contributed by atoms with Crippen LogP contribution in [0.15, 0.2) is 40.9 Å². The third-order valence-corrected chi connectivity index (χ3v) is 3.35. The van der Waals surface area contributed by atoms with Crippen LogP contribution in [0.25, 0.3) is 0 Å². The van der Waals surface area contributed by atoms with Crippen molar-refractivity contribution < 1.29 is 9.66 Å². The van der Waals surface area contributed by atoms with Crippen molar-refractivity contribution in [2.45, 2.75) is 13.8 Å². The Kier molecular flexibility index (Phi) is 4.80. The van der Waals surface area contributed by atoms with E-state index in [9.17, 15) is 10.1 Å². The Morgan fingerprint density at radius 3 is 2.71 bits per heavy atom. The minimum Gasteiger partial charge on any atom is -0.457 e. The van der Waals surface area contributed by atoms with Gasteiger partial charge in [0.1, 0.15) is 11.5 Å². The molecule has 6 heteroatoms. The molecule has 0 unspecified atom stereocenters. The highest BCUT2D eigenvalue weighted by Crippen LogP contribution is 2.32. The molecule has 0 heterocycles. The van der Waals surface area contributed by atoms with Crippen LogP contribution in [0.5, 0.6) is 11.5 Å². The largest absolute Gasteiger partial charge is 0.457 e. The van der Waals surface area contributed by atoms with E-state index in [4.69, 9.17) is 4.74 Å². The number of ether oxygens (including phenoxy) is 1. The van der Waals surface area contributed by atoms with Gasteiger partial charge in [-0.1, -0.05) is 22.0 Å². The molecule has 0 spiro atoms. The van der Waals surface area contributed by atoms with Crippen molar-refractivity contribution in [1.29, 1.82) is 0 Å². The van der Waals surface area contributed by atoms with E-state index < -0.39 is 4.92 Å². The summed E-state index contributed by atoms with van der Waals surface area (Å²) in [4.78, 5) is 10.6. The maximum atomic E-state index is 11.0. The molecule has 1 N–H and O–H groups in total. The lowest BCUT2D eigenvalue weighted by molar-refractivity contribution is -0.384. The number of nitrogens with zero attached hydrogens (tertiary/aromatic N) is 1. The number of nitrogens with one attached hydrogen (secondary N) is 1. The molecule has 5 nitrogen and oxygen atoms in total. The summed E-state index contributed by atoms with van der Waals surface area (Å²) in [5, 5.41) is 14.1. The zero-order valence-electron chi connectivity index (χ0n) is 11.7. The molecular formula is C15H15BrN2O3. The van der Waals surface area contributed by atoms with E-state index in [2.05, 4.69) is 21.2 Å². The van der Waals surface area contributed by atoms with E-state index in [1.807, 2.05) is 32.0 Å². The molecule has 2 aromatic rings. The summed E-state index contributed by atoms with van der Waals surface area (Å²) < 4.78 is 6.68. The lowest BCUT2D eigenvalue weighted by atomic mass is 10.2. The SMILES string of the molecule is CCNc1cc(Oc2cc(Br)ccc2C)cc([N+](=O)[O-])c1. The molecule has 0 aliphatic heterocycles. The molecule has 0 bridgehead atoms. The predicted molar refractivity (Wildman–Crippen MR) is 86.2 cm³/mol. The van der Waals surface area contributed by atoms with Gasteiger partial charge in [0.05, 0.1) is 11.0 Å². The lowest BCUT2D eigenvalue weighted by Gasteiger charge is -2.11. The molecule has 0 saturated carbocycles. The number of nitro groups is 1. The van der Waals surface area contributed by atoms with E-state index in [0.29, 0.717) is 23.7 Å². The fourth-order valence-electron chi connectivity index (χ4n) is 1.86. The first-order valence-electron chi connectivity index (χ1n) is 6.47. The van der Waals surface area contributed by atoms with Gasteiger partial charge in [0.15, 0.2) is 0 Å². The van der Waals surface area contributed by atoms with Gasteiger partial charge in [-0.25, -0.2) is 0 Å². The van der Waals surface area contributed by atoms with Gasteiger partial charge in [-0.15, -0.1) is 0 Å². The summed E-state index contributed by atoms with van der Waals surface area (Å²) in [7, 11) is 0. The predicted octanol–water partition coefficient (Wildman–Crippen LogP) is 4.89. The number of benzene rings is 2. The Bertz CT molecular complexity index is 674. The molecule has 2 rings (SSSR count). The highest BCUT2D eigenvalue weighted by atomic mass is 79.9. The van der Waals surface area contributed by atoms with Crippen LogP contribution in [0.3, 0.4) is 0 Å². The number of hydrogen-bond acceptors (Lipinski definition) is 4. The minimum atomic E-state index is -0.429. The molecule has 0 aliphatic rings. The Balaban J connectivity index is 2.38. The molecule has 0 atom stereocenters. The Labute approximate surface area is 131 Å². The average Bonchev–Trinajstić information content (AvgIpc) is 2.43. The number of aryl methyl sites for hydroxylation is 1. The number of anilines is 1. The number of rotatable bonds is 5. The zero-order valence-corrected chi connectivity index (χ0v) is 13.3. The molecule has 110 valence electrons. The number of hydrogen-bond donors (Lipinski definition) is 1. The lowest BCUT2D eigenvalue weighted by Crippen LogP contribution is -1.99. The minimum absolute atomic E-state index is 0.00361. The molecule has 0 aromatic heterocycles. The number of nitro benzene ring substituents is 1. The normalized spacial score (nSPS) is 10.2. The first-order chi connectivity index (χ1) is 9.99. The molecule has 0 amide bonds. The van der Waals surface area contributed by atoms with Crippen LogP contribution in [0.1, 0.15) is 12.5 Å². The van der Waals surface area contributed by atoms with Gasteiger partial charge in [-0.3, -0.25) is 10.1 Å². The summed E-state index contributed by atoms with van der Waals surface area (Å²) in [6, 6.07) is 10.3. The molecule has 0 saturated heterocycles. The molecule has 2 aromatic carbocycles. The van der Waals surface area contributed by atoms with Crippen molar-refractivity contribution in [3.63, 3.8) is 0 Å². The third-order valence-electron chi connectivity index (χ3n) is 2.86. The van der Waals surface area contributed by atoms with E-state index in [-0.39, 0.29) is 5.69 Å². The van der Waals surface area contributed by atoms with E-state index in [1.165, 1.54) is 12.1 Å². The second kappa shape index (κ2) is 6.58. The molecule has 0 fully saturated rings.